The molecule has 3 rings (SSSR count). The summed E-state index contributed by atoms with van der Waals surface area (Å²) in [5.74, 6) is -0.387. The molecule has 1 heterocycles. The fourth-order valence-electron chi connectivity index (χ4n) is 3.08. The molecule has 12 heteroatoms. The Morgan fingerprint density at radius 2 is 1.88 bits per heavy atom. The fourth-order valence-corrected chi connectivity index (χ4v) is 4.46. The van der Waals surface area contributed by atoms with Crippen LogP contribution in [0.25, 0.3) is 0 Å². The summed E-state index contributed by atoms with van der Waals surface area (Å²) in [6, 6.07) is 10.6. The molecular formula is C21H23F3N4O4S. The second-order valence-electron chi connectivity index (χ2n) is 7.21. The number of anilines is 1. The van der Waals surface area contributed by atoms with Gasteiger partial charge in [-0.1, -0.05) is 12.1 Å². The van der Waals surface area contributed by atoms with Crippen LogP contribution in [-0.2, 0) is 32.4 Å². The summed E-state index contributed by atoms with van der Waals surface area (Å²) in [6.45, 7) is 0.0273. The van der Waals surface area contributed by atoms with Crippen LogP contribution in [0.1, 0.15) is 17.5 Å². The molecule has 33 heavy (non-hydrogen) atoms. The van der Waals surface area contributed by atoms with Crippen molar-refractivity contribution in [2.45, 2.75) is 24.1 Å². The molecule has 0 bridgehead atoms. The van der Waals surface area contributed by atoms with Gasteiger partial charge in [-0.15, -0.1) is 0 Å². The Morgan fingerprint density at radius 3 is 2.48 bits per heavy atom. The summed E-state index contributed by atoms with van der Waals surface area (Å²) >= 11 is 0. The van der Waals surface area contributed by atoms with Gasteiger partial charge in [0.2, 0.25) is 15.9 Å². The zero-order valence-electron chi connectivity index (χ0n) is 17.4. The molecule has 1 amide bonds. The number of hydrogen-bond acceptors (Lipinski definition) is 6. The highest BCUT2D eigenvalue weighted by molar-refractivity contribution is 7.89. The lowest BCUT2D eigenvalue weighted by atomic mass is 10.1. The summed E-state index contributed by atoms with van der Waals surface area (Å²) in [5, 5.41) is 2.54. The summed E-state index contributed by atoms with van der Waals surface area (Å²) in [4.78, 5) is 16.7. The Morgan fingerprint density at radius 1 is 1.15 bits per heavy atom. The van der Waals surface area contributed by atoms with E-state index in [-0.39, 0.29) is 37.0 Å². The van der Waals surface area contributed by atoms with Crippen molar-refractivity contribution in [2.75, 3.05) is 25.0 Å². The van der Waals surface area contributed by atoms with Crippen molar-refractivity contribution in [1.82, 2.24) is 9.79 Å². The van der Waals surface area contributed by atoms with Crippen LogP contribution >= 0.6 is 0 Å². The zero-order chi connectivity index (χ0) is 24.1. The van der Waals surface area contributed by atoms with E-state index in [1.165, 1.54) is 40.7 Å². The van der Waals surface area contributed by atoms with Crippen molar-refractivity contribution in [2.24, 2.45) is 5.73 Å². The molecule has 0 atom stereocenters. The summed E-state index contributed by atoms with van der Waals surface area (Å²) < 4.78 is 65.3. The molecular weight excluding hydrogens is 461 g/mol. The van der Waals surface area contributed by atoms with E-state index in [1.807, 2.05) is 0 Å². The van der Waals surface area contributed by atoms with Crippen molar-refractivity contribution < 1.29 is 31.2 Å². The molecule has 0 aliphatic carbocycles. The first kappa shape index (κ1) is 24.7. The van der Waals surface area contributed by atoms with Crippen LogP contribution in [0, 0.1) is 0 Å². The number of nitrogens with one attached hydrogen (secondary N) is 2. The monoisotopic (exact) mass is 484 g/mol. The highest BCUT2D eigenvalue weighted by Crippen LogP contribution is 2.29. The van der Waals surface area contributed by atoms with Gasteiger partial charge in [-0.3, -0.25) is 15.1 Å². The van der Waals surface area contributed by atoms with Gasteiger partial charge in [-0.05, 0) is 48.0 Å². The number of nitrogens with zero attached hydrogens (tertiary/aromatic N) is 1. The molecule has 1 aliphatic heterocycles. The number of amides is 1. The van der Waals surface area contributed by atoms with E-state index in [1.54, 1.807) is 6.08 Å². The summed E-state index contributed by atoms with van der Waals surface area (Å²) in [5.41, 5.74) is 8.58. The zero-order valence-corrected chi connectivity index (χ0v) is 18.2. The van der Waals surface area contributed by atoms with Gasteiger partial charge < -0.3 is 11.1 Å². The van der Waals surface area contributed by atoms with Gasteiger partial charge in [0.15, 0.2) is 0 Å². The van der Waals surface area contributed by atoms with E-state index in [0.717, 1.165) is 12.1 Å². The second kappa shape index (κ2) is 10.3. The number of sulfonamides is 1. The third kappa shape index (κ3) is 6.54. The Labute approximate surface area is 189 Å². The average Bonchev–Trinajstić information content (AvgIpc) is 2.79. The van der Waals surface area contributed by atoms with E-state index in [2.05, 4.69) is 10.8 Å². The molecule has 0 aromatic heterocycles. The summed E-state index contributed by atoms with van der Waals surface area (Å²) in [7, 11) is -3.74. The molecule has 8 nitrogen and oxygen atoms in total. The maximum absolute atomic E-state index is 12.8. The fraction of sp³-hybridized carbons (Fsp3) is 0.286. The van der Waals surface area contributed by atoms with Crippen LogP contribution in [0.4, 0.5) is 18.9 Å². The van der Waals surface area contributed by atoms with Crippen molar-refractivity contribution in [3.8, 4) is 0 Å². The first-order valence-corrected chi connectivity index (χ1v) is 11.4. The van der Waals surface area contributed by atoms with Crippen LogP contribution in [0.5, 0.6) is 0 Å². The van der Waals surface area contributed by atoms with E-state index in [4.69, 9.17) is 10.6 Å². The average molecular weight is 485 g/mol. The molecule has 2 aromatic carbocycles. The number of carbonyl (C=O) groups is 1. The quantitative estimate of drug-likeness (QED) is 0.497. The highest BCUT2D eigenvalue weighted by Gasteiger charge is 2.30. The summed E-state index contributed by atoms with van der Waals surface area (Å²) in [6.07, 6.45) is -2.45. The Bertz CT molecular complexity index is 1120. The number of benzene rings is 2. The molecule has 178 valence electrons. The smallest absolute Gasteiger partial charge is 0.325 e. The van der Waals surface area contributed by atoms with E-state index < -0.39 is 21.8 Å². The topological polar surface area (TPSA) is 114 Å². The lowest BCUT2D eigenvalue weighted by Gasteiger charge is -2.26. The maximum atomic E-state index is 12.8. The maximum Gasteiger partial charge on any atom is 0.416 e. The van der Waals surface area contributed by atoms with Crippen molar-refractivity contribution in [3.63, 3.8) is 0 Å². The SMILES string of the molecule is NCC(=O)Nc1ccc(S(=O)(=O)N2CC=C(NOCc3cccc(C(F)(F)F)c3)CC2)cc1. The molecule has 0 spiro atoms. The predicted molar refractivity (Wildman–Crippen MR) is 115 cm³/mol. The number of rotatable bonds is 8. The van der Waals surface area contributed by atoms with Crippen molar-refractivity contribution in [3.05, 3.63) is 71.4 Å². The molecule has 0 fully saturated rings. The van der Waals surface area contributed by atoms with Gasteiger partial charge >= 0.3 is 6.18 Å². The molecule has 0 radical (unpaired) electrons. The molecule has 4 N–H and O–H groups in total. The van der Waals surface area contributed by atoms with Crippen molar-refractivity contribution in [1.29, 1.82) is 0 Å². The van der Waals surface area contributed by atoms with Gasteiger partial charge in [-0.2, -0.15) is 17.5 Å². The standard InChI is InChI=1S/C21H23F3N4O4S/c22-21(23,24)16-3-1-2-15(12-16)14-32-27-18-8-10-28(11-9-18)33(30,31)19-6-4-17(5-7-19)26-20(29)13-25/h1-8,12,27H,9-11,13-14,25H2,(H,26,29). The minimum Gasteiger partial charge on any atom is -0.325 e. The van der Waals surface area contributed by atoms with Crippen LogP contribution in [0.15, 0.2) is 65.2 Å². The van der Waals surface area contributed by atoms with Gasteiger partial charge in [0.05, 0.1) is 23.6 Å². The predicted octanol–water partition coefficient (Wildman–Crippen LogP) is 2.60. The number of alkyl halides is 3. The molecule has 2 aromatic rings. The van der Waals surface area contributed by atoms with Crippen LogP contribution in [0.2, 0.25) is 0 Å². The van der Waals surface area contributed by atoms with Gasteiger partial charge in [0.25, 0.3) is 0 Å². The van der Waals surface area contributed by atoms with Crippen LogP contribution in [0.3, 0.4) is 0 Å². The first-order valence-electron chi connectivity index (χ1n) is 9.92. The number of carbonyl (C=O) groups excluding carboxylic acids is 1. The first-order chi connectivity index (χ1) is 15.6. The molecule has 0 saturated heterocycles. The van der Waals surface area contributed by atoms with Crippen LogP contribution in [-0.4, -0.2) is 38.3 Å². The van der Waals surface area contributed by atoms with Crippen molar-refractivity contribution >= 4 is 21.6 Å². The van der Waals surface area contributed by atoms with E-state index in [0.29, 0.717) is 23.4 Å². The van der Waals surface area contributed by atoms with E-state index in [9.17, 15) is 26.4 Å². The highest BCUT2D eigenvalue weighted by atomic mass is 32.2. The third-order valence-corrected chi connectivity index (χ3v) is 6.71. The number of hydrogen-bond donors (Lipinski definition) is 3. The Hall–Kier alpha value is -2.93. The lowest BCUT2D eigenvalue weighted by molar-refractivity contribution is -0.137. The normalized spacial score (nSPS) is 15.1. The molecule has 0 saturated carbocycles. The Kier molecular flexibility index (Phi) is 7.74. The third-order valence-electron chi connectivity index (χ3n) is 4.83. The van der Waals surface area contributed by atoms with Gasteiger partial charge in [0, 0.05) is 30.9 Å². The second-order valence-corrected chi connectivity index (χ2v) is 9.15. The number of nitrogens with two attached hydrogens (primary N) is 1. The lowest BCUT2D eigenvalue weighted by Crippen LogP contribution is -2.36. The number of halogens is 3. The molecule has 0 unspecified atom stereocenters. The minimum absolute atomic E-state index is 0.0823. The minimum atomic E-state index is -4.43. The Balaban J connectivity index is 1.54. The largest absolute Gasteiger partial charge is 0.416 e. The van der Waals surface area contributed by atoms with Gasteiger partial charge in [-0.25, -0.2) is 8.42 Å². The van der Waals surface area contributed by atoms with Gasteiger partial charge in [0.1, 0.15) is 0 Å². The number of hydroxylamine groups is 1. The van der Waals surface area contributed by atoms with E-state index >= 15 is 0 Å². The molecule has 1 aliphatic rings. The van der Waals surface area contributed by atoms with Crippen LogP contribution < -0.4 is 16.5 Å².